The number of nitrogens with one attached hydrogen (secondary N) is 1. The zero-order valence-electron chi connectivity index (χ0n) is 14.8. The Labute approximate surface area is 178 Å². The summed E-state index contributed by atoms with van der Waals surface area (Å²) in [5.74, 6) is -0.916. The van der Waals surface area contributed by atoms with Crippen LogP contribution in [0.3, 0.4) is 0 Å². The predicted octanol–water partition coefficient (Wildman–Crippen LogP) is 3.46. The number of nitrogens with zero attached hydrogens (tertiary/aromatic N) is 4. The molecule has 1 amide bonds. The van der Waals surface area contributed by atoms with E-state index in [0.29, 0.717) is 15.7 Å². The lowest BCUT2D eigenvalue weighted by atomic mass is 10.2. The molecule has 0 radical (unpaired) electrons. The number of aromatic nitrogens is 4. The van der Waals surface area contributed by atoms with Crippen LogP contribution < -0.4 is 5.32 Å². The van der Waals surface area contributed by atoms with Crippen LogP contribution in [0.4, 0.5) is 9.52 Å². The van der Waals surface area contributed by atoms with Crippen molar-refractivity contribution in [1.29, 1.82) is 0 Å². The molecule has 2 aromatic heterocycles. The molecular weight excluding hydrogens is 461 g/mol. The van der Waals surface area contributed by atoms with Gasteiger partial charge < -0.3 is 0 Å². The van der Waals surface area contributed by atoms with Gasteiger partial charge in [0.05, 0.1) is 17.0 Å². The molecule has 0 aliphatic heterocycles. The Bertz CT molecular complexity index is 1160. The molecule has 0 saturated carbocycles. The van der Waals surface area contributed by atoms with Crippen molar-refractivity contribution >= 4 is 55.6 Å². The van der Waals surface area contributed by atoms with E-state index in [1.54, 1.807) is 18.2 Å². The van der Waals surface area contributed by atoms with Crippen molar-refractivity contribution in [2.24, 2.45) is 0 Å². The lowest BCUT2D eigenvalue weighted by Gasteiger charge is -2.05. The van der Waals surface area contributed by atoms with Crippen LogP contribution in [0.2, 0.25) is 5.02 Å². The summed E-state index contributed by atoms with van der Waals surface area (Å²) in [6, 6.07) is 6.39. The van der Waals surface area contributed by atoms with Crippen molar-refractivity contribution in [3.8, 4) is 0 Å². The van der Waals surface area contributed by atoms with Gasteiger partial charge in [0.1, 0.15) is 5.82 Å². The Morgan fingerprint density at radius 1 is 1.31 bits per heavy atom. The van der Waals surface area contributed by atoms with Crippen LogP contribution in [0.5, 0.6) is 0 Å². The molecule has 0 unspecified atom stereocenters. The average molecular weight is 474 g/mol. The molecular formula is C16H13ClFN5O3S3. The molecule has 0 spiro atoms. The summed E-state index contributed by atoms with van der Waals surface area (Å²) in [4.78, 5) is 19.9. The van der Waals surface area contributed by atoms with Gasteiger partial charge in [0.25, 0.3) is 5.91 Å². The molecule has 3 aromatic rings. The number of carbonyl (C=O) groups excluding carboxylic acids is 1. The maximum Gasteiger partial charge on any atom is 0.277 e. The van der Waals surface area contributed by atoms with Crippen LogP contribution in [0, 0.1) is 5.82 Å². The second kappa shape index (κ2) is 9.11. The summed E-state index contributed by atoms with van der Waals surface area (Å²) in [6.07, 6.45) is 1.06. The van der Waals surface area contributed by atoms with Crippen LogP contribution in [0.25, 0.3) is 0 Å². The summed E-state index contributed by atoms with van der Waals surface area (Å²) in [5.41, 5.74) is 0.236. The fourth-order valence-electron chi connectivity index (χ4n) is 2.02. The Morgan fingerprint density at radius 2 is 2.07 bits per heavy atom. The monoisotopic (exact) mass is 473 g/mol. The molecule has 2 heterocycles. The van der Waals surface area contributed by atoms with Crippen molar-refractivity contribution in [3.05, 3.63) is 52.6 Å². The lowest BCUT2D eigenvalue weighted by Crippen LogP contribution is -2.18. The number of hydrogen-bond donors (Lipinski definition) is 1. The Morgan fingerprint density at radius 3 is 2.79 bits per heavy atom. The van der Waals surface area contributed by atoms with Gasteiger partial charge >= 0.3 is 0 Å². The van der Waals surface area contributed by atoms with Crippen molar-refractivity contribution in [1.82, 2.24) is 20.2 Å². The summed E-state index contributed by atoms with van der Waals surface area (Å²) in [6.45, 7) is 1.44. The molecule has 1 N–H and O–H groups in total. The third-order valence-corrected chi connectivity index (χ3v) is 7.34. The number of thioether (sulfide) groups is 1. The third-order valence-electron chi connectivity index (χ3n) is 3.53. The number of anilines is 1. The largest absolute Gasteiger partial charge is 0.295 e. The van der Waals surface area contributed by atoms with E-state index >= 15 is 0 Å². The van der Waals surface area contributed by atoms with E-state index in [2.05, 4.69) is 25.5 Å². The molecule has 13 heteroatoms. The van der Waals surface area contributed by atoms with Gasteiger partial charge in [-0.25, -0.2) is 22.8 Å². The van der Waals surface area contributed by atoms with Crippen LogP contribution in [-0.4, -0.2) is 40.2 Å². The minimum Gasteiger partial charge on any atom is -0.295 e. The molecule has 0 aliphatic carbocycles. The topological polar surface area (TPSA) is 115 Å². The minimum atomic E-state index is -3.70. The lowest BCUT2D eigenvalue weighted by molar-refractivity contribution is 0.102. The van der Waals surface area contributed by atoms with E-state index < -0.39 is 20.9 Å². The van der Waals surface area contributed by atoms with Crippen LogP contribution in [0.1, 0.15) is 23.0 Å². The second-order valence-electron chi connectivity index (χ2n) is 5.46. The number of benzene rings is 1. The smallest absolute Gasteiger partial charge is 0.277 e. The zero-order chi connectivity index (χ0) is 21.0. The highest BCUT2D eigenvalue weighted by Gasteiger charge is 2.22. The molecule has 8 nitrogen and oxygen atoms in total. The maximum absolute atomic E-state index is 13.7. The predicted molar refractivity (Wildman–Crippen MR) is 109 cm³/mol. The second-order valence-corrected chi connectivity index (χ2v) is 10.2. The van der Waals surface area contributed by atoms with E-state index in [0.717, 1.165) is 17.5 Å². The first-order valence-corrected chi connectivity index (χ1v) is 11.9. The molecule has 1 aromatic carbocycles. The minimum absolute atomic E-state index is 0.101. The van der Waals surface area contributed by atoms with Crippen LogP contribution in [0.15, 0.2) is 40.0 Å². The zero-order valence-corrected chi connectivity index (χ0v) is 18.0. The Hall–Kier alpha value is -2.15. The number of rotatable bonds is 7. The van der Waals surface area contributed by atoms with Crippen molar-refractivity contribution in [2.45, 2.75) is 22.2 Å². The van der Waals surface area contributed by atoms with Crippen molar-refractivity contribution in [3.63, 3.8) is 0 Å². The average Bonchev–Trinajstić information content (AvgIpc) is 3.14. The van der Waals surface area contributed by atoms with Crippen molar-refractivity contribution in [2.75, 3.05) is 11.1 Å². The molecule has 0 aliphatic rings. The van der Waals surface area contributed by atoms with Crippen LogP contribution in [-0.2, 0) is 15.6 Å². The molecule has 0 atom stereocenters. The van der Waals surface area contributed by atoms with Gasteiger partial charge in [-0.2, -0.15) is 0 Å². The number of amides is 1. The van der Waals surface area contributed by atoms with Gasteiger partial charge in [-0.05, 0) is 11.6 Å². The molecule has 152 valence electrons. The highest BCUT2D eigenvalue weighted by Crippen LogP contribution is 2.29. The number of carbonyl (C=O) groups is 1. The van der Waals surface area contributed by atoms with Gasteiger partial charge in [-0.15, -0.1) is 10.2 Å². The van der Waals surface area contributed by atoms with Crippen molar-refractivity contribution < 1.29 is 17.6 Å². The van der Waals surface area contributed by atoms with Crippen LogP contribution >= 0.6 is 34.7 Å². The Balaban J connectivity index is 1.70. The van der Waals surface area contributed by atoms with Gasteiger partial charge in [0.15, 0.2) is 10.0 Å². The molecule has 0 fully saturated rings. The standard InChI is InChI=1S/C16H13ClFN5O3S3/c1-2-29(25,26)15-19-7-10(17)12(20-15)13(24)21-14-22-23-16(28-14)27-8-9-5-3-4-6-11(9)18/h3-7H,2,8H2,1H3,(H,21,22,24). The van der Waals surface area contributed by atoms with Gasteiger partial charge in [0, 0.05) is 5.75 Å². The summed E-state index contributed by atoms with van der Waals surface area (Å²) in [7, 11) is -3.70. The van der Waals surface area contributed by atoms with E-state index in [1.807, 2.05) is 0 Å². The summed E-state index contributed by atoms with van der Waals surface area (Å²) in [5, 5.41) is 9.85. The summed E-state index contributed by atoms with van der Waals surface area (Å²) >= 11 is 8.28. The molecule has 3 rings (SSSR count). The van der Waals surface area contributed by atoms with E-state index in [4.69, 9.17) is 11.6 Å². The van der Waals surface area contributed by atoms with Gasteiger partial charge in [-0.3, -0.25) is 10.1 Å². The molecule has 29 heavy (non-hydrogen) atoms. The maximum atomic E-state index is 13.7. The first-order chi connectivity index (χ1) is 13.8. The third kappa shape index (κ3) is 5.26. The number of sulfone groups is 1. The fourth-order valence-corrected chi connectivity index (χ4v) is 4.63. The van der Waals surface area contributed by atoms with Gasteiger partial charge in [0.2, 0.25) is 20.1 Å². The van der Waals surface area contributed by atoms with E-state index in [-0.39, 0.29) is 27.4 Å². The SMILES string of the molecule is CCS(=O)(=O)c1ncc(Cl)c(C(=O)Nc2nnc(SCc3ccccc3F)s2)n1. The van der Waals surface area contributed by atoms with E-state index in [9.17, 15) is 17.6 Å². The van der Waals surface area contributed by atoms with E-state index in [1.165, 1.54) is 24.8 Å². The number of hydrogen-bond acceptors (Lipinski definition) is 9. The fraction of sp³-hybridized carbons (Fsp3) is 0.188. The first kappa shape index (κ1) is 21.6. The summed E-state index contributed by atoms with van der Waals surface area (Å²) < 4.78 is 38.0. The first-order valence-electron chi connectivity index (χ1n) is 8.06. The highest BCUT2D eigenvalue weighted by molar-refractivity contribution is 8.00. The number of halogens is 2. The quantitative estimate of drug-likeness (QED) is 0.315. The van der Waals surface area contributed by atoms with Gasteiger partial charge in [-0.1, -0.05) is 59.8 Å². The molecule has 0 saturated heterocycles. The Kier molecular flexibility index (Phi) is 6.77. The normalized spacial score (nSPS) is 11.4. The molecule has 0 bridgehead atoms. The highest BCUT2D eigenvalue weighted by atomic mass is 35.5.